The minimum Gasteiger partial charge on any atom is -0.493 e. The third kappa shape index (κ3) is 4.81. The fourth-order valence-electron chi connectivity index (χ4n) is 3.11. The molecule has 3 N–H and O–H groups in total. The Labute approximate surface area is 172 Å². The van der Waals surface area contributed by atoms with Gasteiger partial charge in [-0.15, -0.1) is 24.0 Å². The molecule has 1 aliphatic heterocycles. The third-order valence-corrected chi connectivity index (χ3v) is 4.42. The monoisotopic (exact) mass is 466 g/mol. The molecule has 0 aliphatic carbocycles. The van der Waals surface area contributed by atoms with Crippen LogP contribution in [-0.4, -0.2) is 26.7 Å². The molecular weight excluding hydrogens is 439 g/mol. The topological polar surface area (TPSA) is 62.9 Å². The van der Waals surface area contributed by atoms with E-state index in [0.29, 0.717) is 19.1 Å². The Morgan fingerprint density at radius 3 is 2.81 bits per heavy atom. The first kappa shape index (κ1) is 20.4. The van der Waals surface area contributed by atoms with Crippen molar-refractivity contribution in [1.82, 2.24) is 5.32 Å². The number of benzene rings is 2. The molecule has 0 spiro atoms. The highest BCUT2D eigenvalue weighted by atomic mass is 127. The standard InChI is InChI=1S/C20H26N4O.HI/c1-14-8-9-15(18(12-14)24(2)3)13-22-20(21)23-17-10-11-25-19-7-5-4-6-16(17)19;/h4-9,12,17H,10-11,13H2,1-3H3,(H3,21,22,23);1H. The Morgan fingerprint density at radius 1 is 1.27 bits per heavy atom. The van der Waals surface area contributed by atoms with E-state index >= 15 is 0 Å². The molecule has 0 radical (unpaired) electrons. The number of hydrogen-bond acceptors (Lipinski definition) is 3. The van der Waals surface area contributed by atoms with E-state index in [9.17, 15) is 0 Å². The predicted molar refractivity (Wildman–Crippen MR) is 119 cm³/mol. The fourth-order valence-corrected chi connectivity index (χ4v) is 3.11. The van der Waals surface area contributed by atoms with Crippen LogP contribution >= 0.6 is 24.0 Å². The quantitative estimate of drug-likeness (QED) is 0.411. The SMILES string of the molecule is Cc1ccc(CN=C(N)NC2CCOc3ccccc32)c(N(C)C)c1.I. The summed E-state index contributed by atoms with van der Waals surface area (Å²) in [4.78, 5) is 6.66. The molecule has 6 heteroatoms. The van der Waals surface area contributed by atoms with E-state index in [0.717, 1.165) is 23.3 Å². The number of nitrogens with two attached hydrogens (primary N) is 1. The van der Waals surface area contributed by atoms with Crippen molar-refractivity contribution < 1.29 is 4.74 Å². The molecule has 3 rings (SSSR count). The average Bonchev–Trinajstić information content (AvgIpc) is 2.61. The van der Waals surface area contributed by atoms with Gasteiger partial charge in [0.1, 0.15) is 5.75 Å². The molecule has 0 bridgehead atoms. The number of anilines is 1. The summed E-state index contributed by atoms with van der Waals surface area (Å²) in [5.41, 5.74) is 10.9. The van der Waals surface area contributed by atoms with Crippen molar-refractivity contribution in [2.75, 3.05) is 25.6 Å². The highest BCUT2D eigenvalue weighted by molar-refractivity contribution is 14.0. The van der Waals surface area contributed by atoms with Crippen molar-refractivity contribution in [2.45, 2.75) is 25.9 Å². The van der Waals surface area contributed by atoms with Crippen LogP contribution in [0.15, 0.2) is 47.5 Å². The highest BCUT2D eigenvalue weighted by Gasteiger charge is 2.21. The van der Waals surface area contributed by atoms with Crippen LogP contribution in [0.25, 0.3) is 0 Å². The van der Waals surface area contributed by atoms with Crippen molar-refractivity contribution in [2.24, 2.45) is 10.7 Å². The molecule has 2 aromatic rings. The zero-order chi connectivity index (χ0) is 17.8. The number of halogens is 1. The van der Waals surface area contributed by atoms with E-state index in [1.165, 1.54) is 11.3 Å². The summed E-state index contributed by atoms with van der Waals surface area (Å²) in [6.45, 7) is 3.33. The van der Waals surface area contributed by atoms with E-state index in [2.05, 4.69) is 46.4 Å². The van der Waals surface area contributed by atoms with Crippen molar-refractivity contribution in [3.8, 4) is 5.75 Å². The van der Waals surface area contributed by atoms with Crippen LogP contribution in [0.4, 0.5) is 5.69 Å². The lowest BCUT2D eigenvalue weighted by molar-refractivity contribution is 0.262. The van der Waals surface area contributed by atoms with Crippen LogP contribution in [0.2, 0.25) is 0 Å². The molecule has 26 heavy (non-hydrogen) atoms. The van der Waals surface area contributed by atoms with Gasteiger partial charge in [0, 0.05) is 31.8 Å². The predicted octanol–water partition coefficient (Wildman–Crippen LogP) is 3.61. The number of aliphatic imine (C=N–C) groups is 1. The zero-order valence-corrected chi connectivity index (χ0v) is 17.9. The number of aryl methyl sites for hydroxylation is 1. The molecule has 1 heterocycles. The molecule has 0 saturated heterocycles. The van der Waals surface area contributed by atoms with Gasteiger partial charge in [0.2, 0.25) is 0 Å². The van der Waals surface area contributed by atoms with E-state index in [4.69, 9.17) is 10.5 Å². The second-order valence-corrected chi connectivity index (χ2v) is 6.60. The van der Waals surface area contributed by atoms with E-state index in [1.54, 1.807) is 0 Å². The Morgan fingerprint density at radius 2 is 2.04 bits per heavy atom. The van der Waals surface area contributed by atoms with E-state index in [-0.39, 0.29) is 30.0 Å². The first-order valence-corrected chi connectivity index (χ1v) is 8.59. The van der Waals surface area contributed by atoms with E-state index < -0.39 is 0 Å². The average molecular weight is 466 g/mol. The van der Waals surface area contributed by atoms with Gasteiger partial charge in [0.25, 0.3) is 0 Å². The lowest BCUT2D eigenvalue weighted by atomic mass is 10.0. The van der Waals surface area contributed by atoms with Gasteiger partial charge >= 0.3 is 0 Å². The van der Waals surface area contributed by atoms with Gasteiger partial charge in [-0.2, -0.15) is 0 Å². The minimum atomic E-state index is 0. The van der Waals surface area contributed by atoms with Gasteiger partial charge in [0.15, 0.2) is 5.96 Å². The van der Waals surface area contributed by atoms with Crippen molar-refractivity contribution in [1.29, 1.82) is 0 Å². The summed E-state index contributed by atoms with van der Waals surface area (Å²) in [6.07, 6.45) is 0.876. The summed E-state index contributed by atoms with van der Waals surface area (Å²) in [5.74, 6) is 1.39. The lowest BCUT2D eigenvalue weighted by Gasteiger charge is -2.27. The molecule has 140 valence electrons. The summed E-state index contributed by atoms with van der Waals surface area (Å²) < 4.78 is 5.69. The Kier molecular flexibility index (Phi) is 7.14. The third-order valence-electron chi connectivity index (χ3n) is 4.42. The Hall–Kier alpha value is -1.96. The largest absolute Gasteiger partial charge is 0.493 e. The van der Waals surface area contributed by atoms with Gasteiger partial charge in [-0.3, -0.25) is 0 Å². The molecule has 1 unspecified atom stereocenters. The molecule has 1 aliphatic rings. The minimum absolute atomic E-state index is 0. The molecule has 0 aromatic heterocycles. The second kappa shape index (κ2) is 9.12. The zero-order valence-electron chi connectivity index (χ0n) is 15.5. The number of hydrogen-bond donors (Lipinski definition) is 2. The fraction of sp³-hybridized carbons (Fsp3) is 0.350. The summed E-state index contributed by atoms with van der Waals surface area (Å²) in [6, 6.07) is 14.6. The van der Waals surface area contributed by atoms with Crippen LogP contribution < -0.4 is 20.7 Å². The molecule has 0 amide bonds. The molecule has 1 atom stereocenters. The molecule has 5 nitrogen and oxygen atoms in total. The molecule has 0 saturated carbocycles. The second-order valence-electron chi connectivity index (χ2n) is 6.60. The molecule has 0 fully saturated rings. The summed E-state index contributed by atoms with van der Waals surface area (Å²) in [7, 11) is 4.09. The van der Waals surface area contributed by atoms with Crippen molar-refractivity contribution in [3.63, 3.8) is 0 Å². The van der Waals surface area contributed by atoms with Gasteiger partial charge < -0.3 is 20.7 Å². The summed E-state index contributed by atoms with van der Waals surface area (Å²) >= 11 is 0. The summed E-state index contributed by atoms with van der Waals surface area (Å²) in [5, 5.41) is 3.34. The van der Waals surface area contributed by atoms with Crippen LogP contribution in [0, 0.1) is 6.92 Å². The smallest absolute Gasteiger partial charge is 0.189 e. The number of fused-ring (bicyclic) bond motifs is 1. The van der Waals surface area contributed by atoms with Crippen molar-refractivity contribution in [3.05, 3.63) is 59.2 Å². The Bertz CT molecular complexity index is 776. The van der Waals surface area contributed by atoms with Gasteiger partial charge in [-0.25, -0.2) is 4.99 Å². The van der Waals surface area contributed by atoms with Gasteiger partial charge in [-0.05, 0) is 30.2 Å². The van der Waals surface area contributed by atoms with Gasteiger partial charge in [0.05, 0.1) is 19.2 Å². The maximum atomic E-state index is 6.15. The number of guanidine groups is 1. The molecular formula is C20H27IN4O. The van der Waals surface area contributed by atoms with Crippen molar-refractivity contribution >= 4 is 35.6 Å². The normalized spacial score (nSPS) is 16.1. The number of nitrogens with one attached hydrogen (secondary N) is 1. The van der Waals surface area contributed by atoms with Gasteiger partial charge in [-0.1, -0.05) is 30.3 Å². The first-order valence-electron chi connectivity index (χ1n) is 8.59. The number of rotatable bonds is 4. The Balaban J connectivity index is 0.00000243. The number of para-hydroxylation sites is 1. The van der Waals surface area contributed by atoms with Crippen LogP contribution in [0.1, 0.15) is 29.2 Å². The maximum Gasteiger partial charge on any atom is 0.189 e. The van der Waals surface area contributed by atoms with Crippen LogP contribution in [0.5, 0.6) is 5.75 Å². The van der Waals surface area contributed by atoms with E-state index in [1.807, 2.05) is 32.3 Å². The highest BCUT2D eigenvalue weighted by Crippen LogP contribution is 2.31. The lowest BCUT2D eigenvalue weighted by Crippen LogP contribution is -2.37. The first-order chi connectivity index (χ1) is 12.0. The number of ether oxygens (including phenoxy) is 1. The number of nitrogens with zero attached hydrogens (tertiary/aromatic N) is 2. The maximum absolute atomic E-state index is 6.15. The van der Waals surface area contributed by atoms with Crippen LogP contribution in [-0.2, 0) is 6.54 Å². The molecule has 2 aromatic carbocycles. The van der Waals surface area contributed by atoms with Crippen LogP contribution in [0.3, 0.4) is 0 Å².